The number of aromatic amines is 1. The fourth-order valence-corrected chi connectivity index (χ4v) is 1.63. The van der Waals surface area contributed by atoms with E-state index in [0.717, 1.165) is 0 Å². The largest absolute Gasteiger partial charge is 0.416 e. The lowest BCUT2D eigenvalue weighted by atomic mass is 10.2. The van der Waals surface area contributed by atoms with Crippen LogP contribution in [0, 0.1) is 0 Å². The predicted octanol–water partition coefficient (Wildman–Crippen LogP) is 1.86. The van der Waals surface area contributed by atoms with Crippen LogP contribution in [-0.4, -0.2) is 28.9 Å². The third-order valence-electron chi connectivity index (χ3n) is 2.62. The number of nitrogens with one attached hydrogen (secondary N) is 2. The summed E-state index contributed by atoms with van der Waals surface area (Å²) in [6.45, 7) is -0.724. The van der Waals surface area contributed by atoms with Crippen molar-refractivity contribution in [2.45, 2.75) is 12.3 Å². The summed E-state index contributed by atoms with van der Waals surface area (Å²) in [7, 11) is 0. The summed E-state index contributed by atoms with van der Waals surface area (Å²) in [5.74, 6) is 0.131. The second kappa shape index (κ2) is 4.93. The zero-order chi connectivity index (χ0) is 14.0. The summed E-state index contributed by atoms with van der Waals surface area (Å²) in [4.78, 5) is 14.1. The summed E-state index contributed by atoms with van der Waals surface area (Å²) < 4.78 is 36.4. The molecule has 0 aliphatic carbocycles. The van der Waals surface area contributed by atoms with Crippen molar-refractivity contribution in [1.82, 2.24) is 4.98 Å². The van der Waals surface area contributed by atoms with Crippen molar-refractivity contribution in [3.63, 3.8) is 0 Å². The highest BCUT2D eigenvalue weighted by Crippen LogP contribution is 2.20. The quantitative estimate of drug-likeness (QED) is 0.799. The van der Waals surface area contributed by atoms with Crippen molar-refractivity contribution in [2.75, 3.05) is 11.9 Å². The SMILES string of the molecule is O=c1[nH]c(NCC(O)C(F)(F)F)cc2ccccc12. The van der Waals surface area contributed by atoms with Gasteiger partial charge in [-0.2, -0.15) is 13.2 Å². The topological polar surface area (TPSA) is 65.1 Å². The number of rotatable bonds is 3. The van der Waals surface area contributed by atoms with Gasteiger partial charge in [-0.25, -0.2) is 0 Å². The zero-order valence-electron chi connectivity index (χ0n) is 9.66. The lowest BCUT2D eigenvalue weighted by Gasteiger charge is -2.15. The van der Waals surface area contributed by atoms with Crippen molar-refractivity contribution in [3.8, 4) is 0 Å². The number of aromatic nitrogens is 1. The van der Waals surface area contributed by atoms with Gasteiger partial charge < -0.3 is 15.4 Å². The number of anilines is 1. The Bertz CT molecular complexity index is 637. The lowest BCUT2D eigenvalue weighted by molar-refractivity contribution is -0.198. The minimum Gasteiger partial charge on any atom is -0.382 e. The zero-order valence-corrected chi connectivity index (χ0v) is 9.66. The molecule has 0 saturated carbocycles. The van der Waals surface area contributed by atoms with Gasteiger partial charge >= 0.3 is 6.18 Å². The minimum absolute atomic E-state index is 0.131. The second-order valence-electron chi connectivity index (χ2n) is 4.04. The molecule has 102 valence electrons. The van der Waals surface area contributed by atoms with E-state index < -0.39 is 24.4 Å². The molecule has 0 spiro atoms. The summed E-state index contributed by atoms with van der Waals surface area (Å²) in [5, 5.41) is 12.3. The summed E-state index contributed by atoms with van der Waals surface area (Å²) in [5.41, 5.74) is -0.401. The van der Waals surface area contributed by atoms with Gasteiger partial charge in [0, 0.05) is 5.39 Å². The van der Waals surface area contributed by atoms with E-state index in [-0.39, 0.29) is 5.82 Å². The van der Waals surface area contributed by atoms with Crippen LogP contribution in [0.15, 0.2) is 35.1 Å². The second-order valence-corrected chi connectivity index (χ2v) is 4.04. The van der Waals surface area contributed by atoms with E-state index in [2.05, 4.69) is 10.3 Å². The molecular formula is C12H11F3N2O2. The molecule has 1 heterocycles. The molecular weight excluding hydrogens is 261 g/mol. The molecule has 2 aromatic rings. The maximum atomic E-state index is 12.1. The highest BCUT2D eigenvalue weighted by atomic mass is 19.4. The normalized spacial score (nSPS) is 13.5. The fraction of sp³-hybridized carbons (Fsp3) is 0.250. The Morgan fingerprint density at radius 3 is 2.68 bits per heavy atom. The first-order valence-corrected chi connectivity index (χ1v) is 5.48. The Balaban J connectivity index is 2.21. The van der Waals surface area contributed by atoms with Crippen molar-refractivity contribution >= 4 is 16.6 Å². The molecule has 0 bridgehead atoms. The number of aliphatic hydroxyl groups excluding tert-OH is 1. The van der Waals surface area contributed by atoms with E-state index in [0.29, 0.717) is 10.8 Å². The van der Waals surface area contributed by atoms with Crippen molar-refractivity contribution < 1.29 is 18.3 Å². The number of hydrogen-bond acceptors (Lipinski definition) is 3. The van der Waals surface area contributed by atoms with Crippen LogP contribution in [0.4, 0.5) is 19.0 Å². The molecule has 4 nitrogen and oxygen atoms in total. The van der Waals surface area contributed by atoms with Gasteiger partial charge in [0.1, 0.15) is 5.82 Å². The van der Waals surface area contributed by atoms with Gasteiger partial charge in [-0.3, -0.25) is 4.79 Å². The van der Waals surface area contributed by atoms with Gasteiger partial charge in [-0.1, -0.05) is 18.2 Å². The predicted molar refractivity (Wildman–Crippen MR) is 65.1 cm³/mol. The fourth-order valence-electron chi connectivity index (χ4n) is 1.63. The number of aliphatic hydroxyl groups is 1. The molecule has 19 heavy (non-hydrogen) atoms. The van der Waals surface area contributed by atoms with Crippen LogP contribution in [0.1, 0.15) is 0 Å². The Morgan fingerprint density at radius 1 is 1.32 bits per heavy atom. The van der Waals surface area contributed by atoms with Crippen LogP contribution in [0.2, 0.25) is 0 Å². The highest BCUT2D eigenvalue weighted by molar-refractivity contribution is 5.83. The van der Waals surface area contributed by atoms with Crippen LogP contribution in [0.5, 0.6) is 0 Å². The van der Waals surface area contributed by atoms with Crippen LogP contribution in [-0.2, 0) is 0 Å². The average Bonchev–Trinajstić information content (AvgIpc) is 2.35. The minimum atomic E-state index is -4.69. The Morgan fingerprint density at radius 2 is 2.00 bits per heavy atom. The molecule has 7 heteroatoms. The summed E-state index contributed by atoms with van der Waals surface area (Å²) >= 11 is 0. The van der Waals surface area contributed by atoms with Gasteiger partial charge in [-0.05, 0) is 17.5 Å². The van der Waals surface area contributed by atoms with Crippen LogP contribution in [0.3, 0.4) is 0 Å². The number of H-pyrrole nitrogens is 1. The third kappa shape index (κ3) is 3.05. The van der Waals surface area contributed by atoms with E-state index in [9.17, 15) is 18.0 Å². The number of alkyl halides is 3. The molecule has 2 rings (SSSR count). The first-order valence-electron chi connectivity index (χ1n) is 5.48. The lowest BCUT2D eigenvalue weighted by Crippen LogP contribution is -2.35. The average molecular weight is 272 g/mol. The number of hydrogen-bond donors (Lipinski definition) is 3. The molecule has 0 saturated heterocycles. The maximum absolute atomic E-state index is 12.1. The Labute approximate surface area is 105 Å². The van der Waals surface area contributed by atoms with Gasteiger partial charge in [-0.15, -0.1) is 0 Å². The van der Waals surface area contributed by atoms with E-state index in [1.54, 1.807) is 24.3 Å². The molecule has 1 unspecified atom stereocenters. The number of pyridine rings is 1. The molecule has 0 aliphatic rings. The van der Waals surface area contributed by atoms with Gasteiger partial charge in [0.05, 0.1) is 6.54 Å². The van der Waals surface area contributed by atoms with E-state index in [1.165, 1.54) is 6.07 Å². The number of fused-ring (bicyclic) bond motifs is 1. The van der Waals surface area contributed by atoms with Gasteiger partial charge in [0.15, 0.2) is 6.10 Å². The smallest absolute Gasteiger partial charge is 0.382 e. The van der Waals surface area contributed by atoms with Crippen LogP contribution < -0.4 is 10.9 Å². The first kappa shape index (κ1) is 13.4. The molecule has 0 amide bonds. The Hall–Kier alpha value is -2.02. The number of halogens is 3. The van der Waals surface area contributed by atoms with Crippen molar-refractivity contribution in [1.29, 1.82) is 0 Å². The molecule has 1 atom stereocenters. The third-order valence-corrected chi connectivity index (χ3v) is 2.62. The summed E-state index contributed by atoms with van der Waals surface area (Å²) in [6.07, 6.45) is -7.17. The van der Waals surface area contributed by atoms with Crippen LogP contribution in [0.25, 0.3) is 10.8 Å². The molecule has 0 fully saturated rings. The van der Waals surface area contributed by atoms with E-state index in [4.69, 9.17) is 5.11 Å². The monoisotopic (exact) mass is 272 g/mol. The van der Waals surface area contributed by atoms with Crippen molar-refractivity contribution in [2.24, 2.45) is 0 Å². The Kier molecular flexibility index (Phi) is 3.48. The highest BCUT2D eigenvalue weighted by Gasteiger charge is 2.37. The molecule has 1 aromatic carbocycles. The molecule has 1 aromatic heterocycles. The first-order chi connectivity index (χ1) is 8.88. The van der Waals surface area contributed by atoms with E-state index in [1.807, 2.05) is 0 Å². The summed E-state index contributed by atoms with van der Waals surface area (Å²) in [6, 6.07) is 8.21. The van der Waals surface area contributed by atoms with Crippen molar-refractivity contribution in [3.05, 3.63) is 40.7 Å². The van der Waals surface area contributed by atoms with Gasteiger partial charge in [0.2, 0.25) is 0 Å². The molecule has 3 N–H and O–H groups in total. The molecule has 0 aliphatic heterocycles. The number of benzene rings is 1. The standard InChI is InChI=1S/C12H11F3N2O2/c13-12(14,15)9(18)6-16-10-5-7-3-1-2-4-8(7)11(19)17-10/h1-5,9,18H,6H2,(H2,16,17,19). The van der Waals surface area contributed by atoms with Gasteiger partial charge in [0.25, 0.3) is 5.56 Å². The maximum Gasteiger partial charge on any atom is 0.416 e. The van der Waals surface area contributed by atoms with Crippen LogP contribution >= 0.6 is 0 Å². The molecule has 0 radical (unpaired) electrons. The van der Waals surface area contributed by atoms with E-state index >= 15 is 0 Å².